The van der Waals surface area contributed by atoms with E-state index in [4.69, 9.17) is 9.47 Å². The monoisotopic (exact) mass is 257 g/mol. The normalized spacial score (nSPS) is 35.0. The van der Waals surface area contributed by atoms with Gasteiger partial charge in [-0.05, 0) is 39.5 Å². The molecule has 3 atom stereocenters. The summed E-state index contributed by atoms with van der Waals surface area (Å²) < 4.78 is 11.4. The van der Waals surface area contributed by atoms with E-state index in [-0.39, 0.29) is 17.2 Å². The van der Waals surface area contributed by atoms with E-state index in [1.54, 1.807) is 0 Å². The van der Waals surface area contributed by atoms with Crippen LogP contribution in [0.5, 0.6) is 0 Å². The fourth-order valence-electron chi connectivity index (χ4n) is 2.83. The molecule has 2 aliphatic heterocycles. The van der Waals surface area contributed by atoms with Crippen molar-refractivity contribution in [1.82, 2.24) is 5.32 Å². The molecule has 2 fully saturated rings. The van der Waals surface area contributed by atoms with E-state index in [1.807, 2.05) is 0 Å². The largest absolute Gasteiger partial charge is 0.392 e. The van der Waals surface area contributed by atoms with Crippen LogP contribution in [0.1, 0.15) is 40.0 Å². The molecule has 3 unspecified atom stereocenters. The fraction of sp³-hybridized carbons (Fsp3) is 1.00. The zero-order valence-electron chi connectivity index (χ0n) is 11.9. The minimum absolute atomic E-state index is 0.0559. The molecule has 4 heteroatoms. The van der Waals surface area contributed by atoms with Gasteiger partial charge in [-0.15, -0.1) is 0 Å². The van der Waals surface area contributed by atoms with Crippen molar-refractivity contribution in [3.8, 4) is 0 Å². The Balaban J connectivity index is 1.84. The maximum Gasteiger partial charge on any atom is 0.0940 e. The lowest BCUT2D eigenvalue weighted by atomic mass is 9.82. The van der Waals surface area contributed by atoms with Crippen molar-refractivity contribution in [1.29, 1.82) is 0 Å². The second-order valence-corrected chi connectivity index (χ2v) is 6.79. The Morgan fingerprint density at radius 1 is 1.39 bits per heavy atom. The minimum Gasteiger partial charge on any atom is -0.392 e. The molecule has 2 heterocycles. The summed E-state index contributed by atoms with van der Waals surface area (Å²) in [4.78, 5) is 0. The van der Waals surface area contributed by atoms with Crippen LogP contribution >= 0.6 is 0 Å². The van der Waals surface area contributed by atoms with Gasteiger partial charge in [0.25, 0.3) is 0 Å². The highest BCUT2D eigenvalue weighted by Gasteiger charge is 2.42. The molecule has 0 radical (unpaired) electrons. The average Bonchev–Trinajstić information content (AvgIpc) is 2.73. The first-order valence-electron chi connectivity index (χ1n) is 7.05. The van der Waals surface area contributed by atoms with E-state index in [0.29, 0.717) is 19.1 Å². The first-order chi connectivity index (χ1) is 8.40. The van der Waals surface area contributed by atoms with Crippen LogP contribution in [0, 0.1) is 5.92 Å². The summed E-state index contributed by atoms with van der Waals surface area (Å²) in [6, 6.07) is 0. The summed E-state index contributed by atoms with van der Waals surface area (Å²) in [7, 11) is 0. The summed E-state index contributed by atoms with van der Waals surface area (Å²) in [5, 5.41) is 13.7. The predicted octanol–water partition coefficient (Wildman–Crippen LogP) is 1.32. The Hall–Kier alpha value is -0.160. The first kappa shape index (κ1) is 14.3. The number of ether oxygens (including phenoxy) is 2. The summed E-state index contributed by atoms with van der Waals surface area (Å²) >= 11 is 0. The van der Waals surface area contributed by atoms with Crippen LogP contribution in [0.4, 0.5) is 0 Å². The molecule has 2 rings (SSSR count). The van der Waals surface area contributed by atoms with Crippen molar-refractivity contribution >= 4 is 0 Å². The van der Waals surface area contributed by atoms with Crippen LogP contribution in [0.15, 0.2) is 0 Å². The first-order valence-corrected chi connectivity index (χ1v) is 7.05. The lowest BCUT2D eigenvalue weighted by Gasteiger charge is -2.39. The van der Waals surface area contributed by atoms with Crippen molar-refractivity contribution in [2.45, 2.75) is 57.3 Å². The second-order valence-electron chi connectivity index (χ2n) is 6.79. The van der Waals surface area contributed by atoms with Gasteiger partial charge in [0, 0.05) is 31.7 Å². The van der Waals surface area contributed by atoms with E-state index >= 15 is 0 Å². The lowest BCUT2D eigenvalue weighted by Crippen LogP contribution is -2.48. The summed E-state index contributed by atoms with van der Waals surface area (Å²) in [6.45, 7) is 9.26. The van der Waals surface area contributed by atoms with Crippen molar-refractivity contribution in [3.05, 3.63) is 0 Å². The van der Waals surface area contributed by atoms with Crippen LogP contribution in [0.2, 0.25) is 0 Å². The number of hydrogen-bond acceptors (Lipinski definition) is 4. The van der Waals surface area contributed by atoms with Crippen molar-refractivity contribution in [2.75, 3.05) is 26.4 Å². The number of rotatable bonds is 3. The highest BCUT2D eigenvalue weighted by Crippen LogP contribution is 2.37. The molecular formula is C14H27NO3. The topological polar surface area (TPSA) is 50.7 Å². The zero-order valence-corrected chi connectivity index (χ0v) is 11.9. The molecule has 18 heavy (non-hydrogen) atoms. The van der Waals surface area contributed by atoms with Gasteiger partial charge >= 0.3 is 0 Å². The van der Waals surface area contributed by atoms with Gasteiger partial charge in [-0.3, -0.25) is 0 Å². The maximum absolute atomic E-state index is 10.3. The molecule has 0 aromatic rings. The van der Waals surface area contributed by atoms with Gasteiger partial charge in [-0.25, -0.2) is 0 Å². The molecule has 0 bridgehead atoms. The van der Waals surface area contributed by atoms with Gasteiger partial charge in [0.15, 0.2) is 0 Å². The molecule has 2 aliphatic rings. The van der Waals surface area contributed by atoms with Gasteiger partial charge in [0.1, 0.15) is 0 Å². The third-order valence-corrected chi connectivity index (χ3v) is 3.98. The molecule has 0 aromatic carbocycles. The Kier molecular flexibility index (Phi) is 4.32. The molecule has 2 N–H and O–H groups in total. The summed E-state index contributed by atoms with van der Waals surface area (Å²) in [6.07, 6.45) is 2.57. The highest BCUT2D eigenvalue weighted by atomic mass is 16.6. The molecule has 0 aromatic heterocycles. The molecule has 106 valence electrons. The number of aliphatic hydroxyl groups excluding tert-OH is 1. The molecular weight excluding hydrogens is 230 g/mol. The van der Waals surface area contributed by atoms with Crippen LogP contribution in [0.3, 0.4) is 0 Å². The number of nitrogens with one attached hydrogen (secondary N) is 1. The Morgan fingerprint density at radius 3 is 2.78 bits per heavy atom. The third-order valence-electron chi connectivity index (χ3n) is 3.98. The van der Waals surface area contributed by atoms with Crippen LogP contribution in [0.25, 0.3) is 0 Å². The Labute approximate surface area is 110 Å². The van der Waals surface area contributed by atoms with E-state index in [0.717, 1.165) is 32.5 Å². The molecule has 0 amide bonds. The van der Waals surface area contributed by atoms with E-state index < -0.39 is 0 Å². The maximum atomic E-state index is 10.3. The molecule has 0 saturated carbocycles. The van der Waals surface area contributed by atoms with E-state index in [2.05, 4.69) is 26.1 Å². The number of aliphatic hydroxyl groups is 1. The zero-order chi connectivity index (χ0) is 13.2. The van der Waals surface area contributed by atoms with Gasteiger partial charge in [0.2, 0.25) is 0 Å². The standard InChI is InChI=1S/C14H27NO3/c1-13(2,3)15-9-12(16)11-4-6-18-14(8-11)5-7-17-10-14/h11-12,15-16H,4-10H2,1-3H3. The Morgan fingerprint density at radius 2 is 2.17 bits per heavy atom. The summed E-state index contributed by atoms with van der Waals surface area (Å²) in [5.74, 6) is 0.329. The van der Waals surface area contributed by atoms with Gasteiger partial charge in [0.05, 0.1) is 18.3 Å². The van der Waals surface area contributed by atoms with E-state index in [9.17, 15) is 5.11 Å². The van der Waals surface area contributed by atoms with E-state index in [1.165, 1.54) is 0 Å². The van der Waals surface area contributed by atoms with Crippen LogP contribution in [-0.4, -0.2) is 48.7 Å². The molecule has 1 spiro atoms. The third kappa shape index (κ3) is 3.67. The fourth-order valence-corrected chi connectivity index (χ4v) is 2.83. The van der Waals surface area contributed by atoms with Crippen LogP contribution < -0.4 is 5.32 Å². The number of hydrogen-bond donors (Lipinski definition) is 2. The predicted molar refractivity (Wildman–Crippen MR) is 70.6 cm³/mol. The molecule has 2 saturated heterocycles. The minimum atomic E-state index is -0.286. The average molecular weight is 257 g/mol. The molecule has 4 nitrogen and oxygen atoms in total. The van der Waals surface area contributed by atoms with Gasteiger partial charge in [-0.2, -0.15) is 0 Å². The van der Waals surface area contributed by atoms with Gasteiger partial charge < -0.3 is 19.9 Å². The van der Waals surface area contributed by atoms with Crippen molar-refractivity contribution in [2.24, 2.45) is 5.92 Å². The highest BCUT2D eigenvalue weighted by molar-refractivity contribution is 4.92. The smallest absolute Gasteiger partial charge is 0.0940 e. The SMILES string of the molecule is CC(C)(C)NCC(O)C1CCOC2(CCOC2)C1. The van der Waals surface area contributed by atoms with Crippen molar-refractivity contribution in [3.63, 3.8) is 0 Å². The number of β-amino-alcohol motifs (C(OH)–C–C–N with tert-alkyl or cyclic N) is 1. The Bertz CT molecular complexity index is 269. The van der Waals surface area contributed by atoms with Crippen molar-refractivity contribution < 1.29 is 14.6 Å². The van der Waals surface area contributed by atoms with Gasteiger partial charge in [-0.1, -0.05) is 0 Å². The molecule has 0 aliphatic carbocycles. The quantitative estimate of drug-likeness (QED) is 0.800. The lowest BCUT2D eigenvalue weighted by molar-refractivity contribution is -0.116. The second kappa shape index (κ2) is 5.45. The van der Waals surface area contributed by atoms with Crippen LogP contribution in [-0.2, 0) is 9.47 Å². The summed E-state index contributed by atoms with van der Waals surface area (Å²) in [5.41, 5.74) is -0.0497.